The molecule has 5 nitrogen and oxygen atoms in total. The van der Waals surface area contributed by atoms with Crippen molar-refractivity contribution in [2.24, 2.45) is 0 Å². The number of rotatable bonds is 5. The summed E-state index contributed by atoms with van der Waals surface area (Å²) in [5.74, 6) is -0.802. The van der Waals surface area contributed by atoms with Crippen molar-refractivity contribution >= 4 is 28.8 Å². The molecule has 0 saturated heterocycles. The lowest BCUT2D eigenvalue weighted by molar-refractivity contribution is -0.133. The fourth-order valence-electron chi connectivity index (χ4n) is 1.64. The van der Waals surface area contributed by atoms with E-state index in [1.807, 2.05) is 10.6 Å². The summed E-state index contributed by atoms with van der Waals surface area (Å²) in [5.41, 5.74) is 1.82. The minimum atomic E-state index is -0.830. The number of hydrogen-bond donors (Lipinski definition) is 1. The van der Waals surface area contributed by atoms with E-state index in [2.05, 4.69) is 16.9 Å². The molecule has 0 spiro atoms. The Balaban J connectivity index is 2.38. The number of carbonyl (C=O) groups is 1. The van der Waals surface area contributed by atoms with E-state index in [0.717, 1.165) is 29.2 Å². The van der Waals surface area contributed by atoms with E-state index < -0.39 is 5.97 Å². The lowest BCUT2D eigenvalue weighted by Crippen LogP contribution is -2.03. The highest BCUT2D eigenvalue weighted by Gasteiger charge is 2.11. The SMILES string of the molecule is CCCn1c(SCC(=O)O)nc2cnccc21. The number of aromatic nitrogens is 3. The van der Waals surface area contributed by atoms with Crippen molar-refractivity contribution in [2.45, 2.75) is 25.0 Å². The number of carboxylic acid groups (broad SMARTS) is 1. The Morgan fingerprint density at radius 3 is 3.12 bits per heavy atom. The number of nitrogens with zero attached hydrogens (tertiary/aromatic N) is 3. The summed E-state index contributed by atoms with van der Waals surface area (Å²) in [6.45, 7) is 2.92. The number of carboxylic acids is 1. The molecule has 17 heavy (non-hydrogen) atoms. The molecular weight excluding hydrogens is 238 g/mol. The highest BCUT2D eigenvalue weighted by Crippen LogP contribution is 2.23. The molecule has 0 saturated carbocycles. The molecule has 2 heterocycles. The lowest BCUT2D eigenvalue weighted by atomic mass is 10.4. The number of fused-ring (bicyclic) bond motifs is 1. The number of aliphatic carboxylic acids is 1. The highest BCUT2D eigenvalue weighted by molar-refractivity contribution is 7.99. The Bertz CT molecular complexity index is 538. The Hall–Kier alpha value is -1.56. The van der Waals surface area contributed by atoms with Crippen LogP contribution in [-0.2, 0) is 11.3 Å². The van der Waals surface area contributed by atoms with Gasteiger partial charge in [0.25, 0.3) is 0 Å². The van der Waals surface area contributed by atoms with Crippen LogP contribution in [0.4, 0.5) is 0 Å². The molecule has 6 heteroatoms. The van der Waals surface area contributed by atoms with Crippen molar-refractivity contribution in [1.29, 1.82) is 0 Å². The smallest absolute Gasteiger partial charge is 0.313 e. The number of thioether (sulfide) groups is 1. The predicted molar refractivity (Wildman–Crippen MR) is 66.2 cm³/mol. The van der Waals surface area contributed by atoms with E-state index in [9.17, 15) is 4.79 Å². The van der Waals surface area contributed by atoms with E-state index in [1.165, 1.54) is 11.8 Å². The molecule has 0 amide bonds. The molecule has 2 aromatic heterocycles. The van der Waals surface area contributed by atoms with E-state index in [4.69, 9.17) is 5.11 Å². The first-order valence-corrected chi connectivity index (χ1v) is 6.35. The van der Waals surface area contributed by atoms with Gasteiger partial charge in [0, 0.05) is 12.7 Å². The molecule has 0 bridgehead atoms. The van der Waals surface area contributed by atoms with Crippen LogP contribution >= 0.6 is 11.8 Å². The van der Waals surface area contributed by atoms with Gasteiger partial charge in [-0.15, -0.1) is 0 Å². The average Bonchev–Trinajstić information content (AvgIpc) is 2.66. The molecule has 0 unspecified atom stereocenters. The molecule has 2 aromatic rings. The first kappa shape index (κ1) is 11.9. The third-order valence-corrected chi connectivity index (χ3v) is 3.25. The van der Waals surface area contributed by atoms with Crippen LogP contribution in [0.3, 0.4) is 0 Å². The third-order valence-electron chi connectivity index (χ3n) is 2.29. The summed E-state index contributed by atoms with van der Waals surface area (Å²) in [4.78, 5) is 19.0. The van der Waals surface area contributed by atoms with Crippen LogP contribution in [0.2, 0.25) is 0 Å². The van der Waals surface area contributed by atoms with Gasteiger partial charge in [0.1, 0.15) is 5.52 Å². The van der Waals surface area contributed by atoms with E-state index in [-0.39, 0.29) is 5.75 Å². The normalized spacial score (nSPS) is 10.9. The molecule has 0 aliphatic rings. The van der Waals surface area contributed by atoms with Gasteiger partial charge in [-0.2, -0.15) is 0 Å². The molecule has 0 radical (unpaired) electrons. The maximum Gasteiger partial charge on any atom is 0.313 e. The van der Waals surface area contributed by atoms with Crippen LogP contribution in [0.1, 0.15) is 13.3 Å². The van der Waals surface area contributed by atoms with Gasteiger partial charge >= 0.3 is 5.97 Å². The average molecular weight is 251 g/mol. The summed E-state index contributed by atoms with van der Waals surface area (Å²) in [6.07, 6.45) is 4.41. The van der Waals surface area contributed by atoms with Crippen LogP contribution in [-0.4, -0.2) is 31.4 Å². The summed E-state index contributed by atoms with van der Waals surface area (Å²) in [6, 6.07) is 1.91. The third kappa shape index (κ3) is 2.58. The second-order valence-electron chi connectivity index (χ2n) is 3.59. The number of hydrogen-bond acceptors (Lipinski definition) is 4. The monoisotopic (exact) mass is 251 g/mol. The van der Waals surface area contributed by atoms with Gasteiger partial charge < -0.3 is 9.67 Å². The maximum atomic E-state index is 10.6. The first-order valence-electron chi connectivity index (χ1n) is 5.37. The van der Waals surface area contributed by atoms with Gasteiger partial charge in [0.15, 0.2) is 5.16 Å². The zero-order valence-corrected chi connectivity index (χ0v) is 10.3. The quantitative estimate of drug-likeness (QED) is 0.823. The molecule has 1 N–H and O–H groups in total. The van der Waals surface area contributed by atoms with Gasteiger partial charge in [-0.3, -0.25) is 9.78 Å². The van der Waals surface area contributed by atoms with Crippen LogP contribution < -0.4 is 0 Å². The fraction of sp³-hybridized carbons (Fsp3) is 0.364. The predicted octanol–water partition coefficient (Wildman–Crippen LogP) is 2.02. The van der Waals surface area contributed by atoms with Crippen molar-refractivity contribution < 1.29 is 9.90 Å². The Labute approximate surface area is 103 Å². The Morgan fingerprint density at radius 2 is 2.41 bits per heavy atom. The highest BCUT2D eigenvalue weighted by atomic mass is 32.2. The minimum Gasteiger partial charge on any atom is -0.481 e. The number of imidazole rings is 1. The Kier molecular flexibility index (Phi) is 3.63. The van der Waals surface area contributed by atoms with Crippen LogP contribution in [0.5, 0.6) is 0 Å². The summed E-state index contributed by atoms with van der Waals surface area (Å²) in [5, 5.41) is 9.45. The summed E-state index contributed by atoms with van der Waals surface area (Å²) >= 11 is 1.25. The molecule has 0 fully saturated rings. The van der Waals surface area contributed by atoms with E-state index in [1.54, 1.807) is 12.4 Å². The fourth-order valence-corrected chi connectivity index (χ4v) is 2.40. The van der Waals surface area contributed by atoms with Crippen LogP contribution in [0.15, 0.2) is 23.6 Å². The zero-order valence-electron chi connectivity index (χ0n) is 9.46. The summed E-state index contributed by atoms with van der Waals surface area (Å²) in [7, 11) is 0. The standard InChI is InChI=1S/C11H13N3O2S/c1-2-5-14-9-3-4-12-6-8(9)13-11(14)17-7-10(15)16/h3-4,6H,2,5,7H2,1H3,(H,15,16). The topological polar surface area (TPSA) is 68.0 Å². The largest absolute Gasteiger partial charge is 0.481 e. The van der Waals surface area contributed by atoms with Gasteiger partial charge in [-0.1, -0.05) is 18.7 Å². The van der Waals surface area contributed by atoms with Crippen molar-refractivity contribution in [3.63, 3.8) is 0 Å². The molecule has 0 atom stereocenters. The number of pyridine rings is 1. The molecule has 0 aromatic carbocycles. The number of aryl methyl sites for hydroxylation is 1. The summed E-state index contributed by atoms with van der Waals surface area (Å²) < 4.78 is 2.05. The molecule has 0 aliphatic heterocycles. The van der Waals surface area contributed by atoms with Crippen LogP contribution in [0, 0.1) is 0 Å². The zero-order chi connectivity index (χ0) is 12.3. The van der Waals surface area contributed by atoms with Crippen molar-refractivity contribution in [2.75, 3.05) is 5.75 Å². The van der Waals surface area contributed by atoms with Crippen molar-refractivity contribution in [3.05, 3.63) is 18.5 Å². The van der Waals surface area contributed by atoms with Gasteiger partial charge in [-0.25, -0.2) is 4.98 Å². The second-order valence-corrected chi connectivity index (χ2v) is 4.54. The van der Waals surface area contributed by atoms with Gasteiger partial charge in [-0.05, 0) is 12.5 Å². The first-order chi connectivity index (χ1) is 8.22. The van der Waals surface area contributed by atoms with Gasteiger partial charge in [0.05, 0.1) is 17.5 Å². The molecule has 90 valence electrons. The van der Waals surface area contributed by atoms with E-state index >= 15 is 0 Å². The molecule has 0 aliphatic carbocycles. The van der Waals surface area contributed by atoms with Crippen molar-refractivity contribution in [3.8, 4) is 0 Å². The second kappa shape index (κ2) is 5.18. The Morgan fingerprint density at radius 1 is 1.59 bits per heavy atom. The maximum absolute atomic E-state index is 10.6. The van der Waals surface area contributed by atoms with Gasteiger partial charge in [0.2, 0.25) is 0 Å². The molecular formula is C11H13N3O2S. The van der Waals surface area contributed by atoms with E-state index in [0.29, 0.717) is 0 Å². The lowest BCUT2D eigenvalue weighted by Gasteiger charge is -2.05. The molecule has 2 rings (SSSR count). The minimum absolute atomic E-state index is 0.0282. The van der Waals surface area contributed by atoms with Crippen LogP contribution in [0.25, 0.3) is 11.0 Å². The van der Waals surface area contributed by atoms with Crippen molar-refractivity contribution in [1.82, 2.24) is 14.5 Å².